The van der Waals surface area contributed by atoms with Gasteiger partial charge in [-0.2, -0.15) is 0 Å². The molecule has 108 valence electrons. The van der Waals surface area contributed by atoms with Crippen LogP contribution in [-0.4, -0.2) is 26.0 Å². The van der Waals surface area contributed by atoms with Gasteiger partial charge in [-0.05, 0) is 24.3 Å². The van der Waals surface area contributed by atoms with E-state index in [-0.39, 0.29) is 5.56 Å². The van der Waals surface area contributed by atoms with Gasteiger partial charge in [0.25, 0.3) is 5.56 Å². The van der Waals surface area contributed by atoms with Gasteiger partial charge in [0.2, 0.25) is 0 Å². The van der Waals surface area contributed by atoms with Crippen LogP contribution in [0, 0.1) is 0 Å². The number of hydrogen-bond acceptors (Lipinski definition) is 4. The summed E-state index contributed by atoms with van der Waals surface area (Å²) in [7, 11) is 4.64. The minimum absolute atomic E-state index is 0.354. The Labute approximate surface area is 119 Å². The quantitative estimate of drug-likeness (QED) is 0.685. The summed E-state index contributed by atoms with van der Waals surface area (Å²) >= 11 is 0. The number of rotatable bonds is 2. The molecule has 7 heteroatoms. The van der Waals surface area contributed by atoms with Crippen molar-refractivity contribution in [3.8, 4) is 11.4 Å². The van der Waals surface area contributed by atoms with E-state index in [9.17, 15) is 9.59 Å². The molecule has 0 aliphatic rings. The molecular formula is C14H14N4O3. The van der Waals surface area contributed by atoms with Gasteiger partial charge in [-0.3, -0.25) is 13.9 Å². The third-order valence-corrected chi connectivity index (χ3v) is 3.46. The highest BCUT2D eigenvalue weighted by Crippen LogP contribution is 2.16. The van der Waals surface area contributed by atoms with Gasteiger partial charge in [-0.15, -0.1) is 5.10 Å². The highest BCUT2D eigenvalue weighted by molar-refractivity contribution is 5.73. The molecule has 0 N–H and O–H groups in total. The Bertz CT molecular complexity index is 932. The van der Waals surface area contributed by atoms with Crippen molar-refractivity contribution in [2.45, 2.75) is 0 Å². The molecule has 3 aromatic rings. The van der Waals surface area contributed by atoms with Gasteiger partial charge in [0.05, 0.1) is 12.8 Å². The third kappa shape index (κ3) is 1.94. The maximum atomic E-state index is 12.1. The SMILES string of the molecule is COc1ccc(-n2cc3c(=O)n(C)c(=O)n(C)c3n2)cc1. The minimum Gasteiger partial charge on any atom is -0.497 e. The number of aromatic nitrogens is 4. The van der Waals surface area contributed by atoms with E-state index in [2.05, 4.69) is 5.10 Å². The Hall–Kier alpha value is -2.83. The first-order valence-electron chi connectivity index (χ1n) is 6.32. The normalized spacial score (nSPS) is 11.0. The number of methoxy groups -OCH3 is 1. The monoisotopic (exact) mass is 286 g/mol. The van der Waals surface area contributed by atoms with Crippen LogP contribution in [0.3, 0.4) is 0 Å². The second kappa shape index (κ2) is 4.62. The van der Waals surface area contributed by atoms with Gasteiger partial charge in [0.15, 0.2) is 5.65 Å². The van der Waals surface area contributed by atoms with Gasteiger partial charge in [0.1, 0.15) is 11.1 Å². The minimum atomic E-state index is -0.396. The van der Waals surface area contributed by atoms with Gasteiger partial charge in [-0.1, -0.05) is 0 Å². The largest absolute Gasteiger partial charge is 0.497 e. The van der Waals surface area contributed by atoms with Crippen molar-refractivity contribution in [3.05, 3.63) is 51.3 Å². The molecule has 0 saturated carbocycles. The van der Waals surface area contributed by atoms with Crippen LogP contribution in [-0.2, 0) is 14.1 Å². The highest BCUT2D eigenvalue weighted by Gasteiger charge is 2.13. The van der Waals surface area contributed by atoms with Crippen LogP contribution < -0.4 is 16.0 Å². The molecule has 1 aromatic carbocycles. The number of ether oxygens (including phenoxy) is 1. The van der Waals surface area contributed by atoms with E-state index in [1.807, 2.05) is 12.1 Å². The lowest BCUT2D eigenvalue weighted by Crippen LogP contribution is -2.36. The topological polar surface area (TPSA) is 71.0 Å². The lowest BCUT2D eigenvalue weighted by molar-refractivity contribution is 0.414. The van der Waals surface area contributed by atoms with Crippen LogP contribution in [0.15, 0.2) is 40.1 Å². The summed E-state index contributed by atoms with van der Waals surface area (Å²) in [6, 6.07) is 7.26. The summed E-state index contributed by atoms with van der Waals surface area (Å²) in [5.41, 5.74) is 0.390. The van der Waals surface area contributed by atoms with Crippen molar-refractivity contribution in [3.63, 3.8) is 0 Å². The Kier molecular flexibility index (Phi) is 2.90. The second-order valence-corrected chi connectivity index (χ2v) is 4.71. The Balaban J connectivity index is 2.26. The summed E-state index contributed by atoms with van der Waals surface area (Å²) in [6.45, 7) is 0. The van der Waals surface area contributed by atoms with Crippen molar-refractivity contribution in [1.29, 1.82) is 0 Å². The zero-order valence-corrected chi connectivity index (χ0v) is 11.9. The first-order chi connectivity index (χ1) is 10.0. The van der Waals surface area contributed by atoms with E-state index < -0.39 is 5.69 Å². The molecule has 0 amide bonds. The predicted molar refractivity (Wildman–Crippen MR) is 78.1 cm³/mol. The second-order valence-electron chi connectivity index (χ2n) is 4.71. The molecule has 7 nitrogen and oxygen atoms in total. The van der Waals surface area contributed by atoms with Crippen molar-refractivity contribution in [2.24, 2.45) is 14.1 Å². The van der Waals surface area contributed by atoms with Crippen molar-refractivity contribution in [1.82, 2.24) is 18.9 Å². The van der Waals surface area contributed by atoms with Crippen LogP contribution in [0.4, 0.5) is 0 Å². The third-order valence-electron chi connectivity index (χ3n) is 3.46. The van der Waals surface area contributed by atoms with Gasteiger partial charge >= 0.3 is 5.69 Å². The fourth-order valence-electron chi connectivity index (χ4n) is 2.21. The molecule has 21 heavy (non-hydrogen) atoms. The molecule has 2 aromatic heterocycles. The Morgan fingerprint density at radius 2 is 1.71 bits per heavy atom. The Morgan fingerprint density at radius 3 is 2.33 bits per heavy atom. The summed E-state index contributed by atoms with van der Waals surface area (Å²) in [6.07, 6.45) is 1.62. The van der Waals surface area contributed by atoms with Crippen LogP contribution in [0.25, 0.3) is 16.7 Å². The first-order valence-corrected chi connectivity index (χ1v) is 6.32. The van der Waals surface area contributed by atoms with Crippen LogP contribution in [0.5, 0.6) is 5.75 Å². The molecule has 0 aliphatic carbocycles. The molecule has 0 unspecified atom stereocenters. The average Bonchev–Trinajstić information content (AvgIpc) is 2.96. The fraction of sp³-hybridized carbons (Fsp3) is 0.214. The van der Waals surface area contributed by atoms with E-state index >= 15 is 0 Å². The van der Waals surface area contributed by atoms with Crippen molar-refractivity contribution >= 4 is 11.0 Å². The van der Waals surface area contributed by atoms with Crippen LogP contribution >= 0.6 is 0 Å². The van der Waals surface area contributed by atoms with E-state index in [0.717, 1.165) is 16.0 Å². The van der Waals surface area contributed by atoms with E-state index in [0.29, 0.717) is 11.0 Å². The first kappa shape index (κ1) is 13.2. The van der Waals surface area contributed by atoms with Crippen molar-refractivity contribution < 1.29 is 4.74 Å². The zero-order valence-electron chi connectivity index (χ0n) is 11.9. The molecule has 0 aliphatic heterocycles. The van der Waals surface area contributed by atoms with Crippen LogP contribution in [0.1, 0.15) is 0 Å². The lowest BCUT2D eigenvalue weighted by atomic mass is 10.3. The molecular weight excluding hydrogens is 272 g/mol. The van der Waals surface area contributed by atoms with E-state index in [1.165, 1.54) is 11.6 Å². The zero-order chi connectivity index (χ0) is 15.1. The molecule has 0 atom stereocenters. The maximum absolute atomic E-state index is 12.1. The number of nitrogens with zero attached hydrogens (tertiary/aromatic N) is 4. The molecule has 0 radical (unpaired) electrons. The average molecular weight is 286 g/mol. The van der Waals surface area contributed by atoms with Crippen LogP contribution in [0.2, 0.25) is 0 Å². The number of fused-ring (bicyclic) bond motifs is 1. The molecule has 0 spiro atoms. The summed E-state index contributed by atoms with van der Waals surface area (Å²) in [4.78, 5) is 24.0. The smallest absolute Gasteiger partial charge is 0.332 e. The van der Waals surface area contributed by atoms with E-state index in [1.54, 1.807) is 37.2 Å². The summed E-state index contributed by atoms with van der Waals surface area (Å²) in [5.74, 6) is 0.735. The van der Waals surface area contributed by atoms with Crippen molar-refractivity contribution in [2.75, 3.05) is 7.11 Å². The summed E-state index contributed by atoms with van der Waals surface area (Å²) < 4.78 is 9.11. The highest BCUT2D eigenvalue weighted by atomic mass is 16.5. The molecule has 0 bridgehead atoms. The molecule has 2 heterocycles. The predicted octanol–water partition coefficient (Wildman–Crippen LogP) is 0.431. The number of aryl methyl sites for hydroxylation is 1. The maximum Gasteiger partial charge on any atom is 0.332 e. The molecule has 0 fully saturated rings. The number of hydrogen-bond donors (Lipinski definition) is 0. The van der Waals surface area contributed by atoms with Gasteiger partial charge in [-0.25, -0.2) is 9.48 Å². The Morgan fingerprint density at radius 1 is 1.05 bits per heavy atom. The van der Waals surface area contributed by atoms with Gasteiger partial charge in [0, 0.05) is 20.3 Å². The standard InChI is InChI=1S/C14H14N4O3/c1-16-12-11(13(19)17(2)14(16)20)8-18(15-12)9-4-6-10(21-3)7-5-9/h4-8H,1-3H3. The number of benzene rings is 1. The molecule has 3 rings (SSSR count). The lowest BCUT2D eigenvalue weighted by Gasteiger charge is -2.03. The molecule has 0 saturated heterocycles. The van der Waals surface area contributed by atoms with E-state index in [4.69, 9.17) is 4.74 Å². The fourth-order valence-corrected chi connectivity index (χ4v) is 2.21. The summed E-state index contributed by atoms with van der Waals surface area (Å²) in [5, 5.41) is 4.72. The van der Waals surface area contributed by atoms with Gasteiger partial charge < -0.3 is 4.74 Å².